The Bertz CT molecular complexity index is 643. The zero-order valence-electron chi connectivity index (χ0n) is 10.8. The number of rotatable bonds is 4. The molecule has 2 N–H and O–H groups in total. The van der Waals surface area contributed by atoms with Gasteiger partial charge in [0.15, 0.2) is 0 Å². The quantitative estimate of drug-likeness (QED) is 0.659. The van der Waals surface area contributed by atoms with E-state index in [2.05, 4.69) is 15.6 Å². The molecule has 0 fully saturated rings. The van der Waals surface area contributed by atoms with E-state index in [1.54, 1.807) is 12.3 Å². The SMILES string of the molecule is O=[N+]([O-])c1ccc2c(c1NCc1ccccn1)CCN2. The molecule has 0 spiro atoms. The minimum Gasteiger partial charge on any atom is -0.384 e. The fourth-order valence-electron chi connectivity index (χ4n) is 2.41. The molecule has 20 heavy (non-hydrogen) atoms. The number of nitrogens with one attached hydrogen (secondary N) is 2. The van der Waals surface area contributed by atoms with Gasteiger partial charge in [0.2, 0.25) is 0 Å². The van der Waals surface area contributed by atoms with Crippen LogP contribution in [0.2, 0.25) is 0 Å². The molecule has 1 aliphatic heterocycles. The van der Waals surface area contributed by atoms with Gasteiger partial charge in [0.05, 0.1) is 17.2 Å². The monoisotopic (exact) mass is 270 g/mol. The van der Waals surface area contributed by atoms with Gasteiger partial charge in [0.25, 0.3) is 5.69 Å². The van der Waals surface area contributed by atoms with Crippen LogP contribution in [0.5, 0.6) is 0 Å². The molecule has 1 aromatic heterocycles. The van der Waals surface area contributed by atoms with Gasteiger partial charge in [-0.25, -0.2) is 0 Å². The van der Waals surface area contributed by atoms with Gasteiger partial charge < -0.3 is 10.6 Å². The second-order valence-corrected chi connectivity index (χ2v) is 4.59. The molecule has 0 radical (unpaired) electrons. The maximum atomic E-state index is 11.2. The second kappa shape index (κ2) is 5.16. The fourth-order valence-corrected chi connectivity index (χ4v) is 2.41. The zero-order chi connectivity index (χ0) is 13.9. The number of anilines is 2. The Morgan fingerprint density at radius 3 is 3.00 bits per heavy atom. The smallest absolute Gasteiger partial charge is 0.292 e. The van der Waals surface area contributed by atoms with Crippen LogP contribution in [-0.2, 0) is 13.0 Å². The summed E-state index contributed by atoms with van der Waals surface area (Å²) in [5.74, 6) is 0. The molecule has 0 amide bonds. The average Bonchev–Trinajstić information content (AvgIpc) is 2.94. The third-order valence-electron chi connectivity index (χ3n) is 3.35. The highest BCUT2D eigenvalue weighted by Crippen LogP contribution is 2.37. The molecule has 1 aromatic carbocycles. The number of nitro groups is 1. The minimum absolute atomic E-state index is 0.114. The summed E-state index contributed by atoms with van der Waals surface area (Å²) in [7, 11) is 0. The van der Waals surface area contributed by atoms with Crippen molar-refractivity contribution < 1.29 is 4.92 Å². The molecule has 0 unspecified atom stereocenters. The van der Waals surface area contributed by atoms with Crippen LogP contribution in [0.4, 0.5) is 17.1 Å². The lowest BCUT2D eigenvalue weighted by atomic mass is 10.1. The number of benzene rings is 1. The highest BCUT2D eigenvalue weighted by Gasteiger charge is 2.23. The van der Waals surface area contributed by atoms with E-state index in [0.717, 1.165) is 29.9 Å². The van der Waals surface area contributed by atoms with Gasteiger partial charge >= 0.3 is 0 Å². The van der Waals surface area contributed by atoms with Crippen LogP contribution in [0, 0.1) is 10.1 Å². The van der Waals surface area contributed by atoms with Crippen molar-refractivity contribution in [2.45, 2.75) is 13.0 Å². The maximum Gasteiger partial charge on any atom is 0.292 e. The number of nitro benzene ring substituents is 1. The maximum absolute atomic E-state index is 11.2. The van der Waals surface area contributed by atoms with E-state index in [0.29, 0.717) is 12.2 Å². The first-order valence-corrected chi connectivity index (χ1v) is 6.43. The molecular formula is C14H14N4O2. The van der Waals surface area contributed by atoms with Crippen molar-refractivity contribution in [3.8, 4) is 0 Å². The normalized spacial score (nSPS) is 12.6. The highest BCUT2D eigenvalue weighted by atomic mass is 16.6. The minimum atomic E-state index is -0.348. The number of aromatic nitrogens is 1. The molecule has 3 rings (SSSR count). The predicted octanol–water partition coefficient (Wildman–Crippen LogP) is 2.57. The standard InChI is InChI=1S/C14H14N4O2/c19-18(20)13-5-4-12-11(6-8-16-12)14(13)17-9-10-3-1-2-7-15-10/h1-5,7,16-17H,6,8-9H2. The number of hydrogen-bond donors (Lipinski definition) is 2. The molecule has 102 valence electrons. The van der Waals surface area contributed by atoms with Crippen LogP contribution in [0.1, 0.15) is 11.3 Å². The average molecular weight is 270 g/mol. The Labute approximate surface area is 116 Å². The third kappa shape index (κ3) is 2.27. The summed E-state index contributed by atoms with van der Waals surface area (Å²) in [5.41, 5.74) is 3.52. The number of hydrogen-bond acceptors (Lipinski definition) is 5. The first kappa shape index (κ1) is 12.4. The Kier molecular flexibility index (Phi) is 3.20. The largest absolute Gasteiger partial charge is 0.384 e. The summed E-state index contributed by atoms with van der Waals surface area (Å²) in [6.07, 6.45) is 2.50. The molecule has 0 aliphatic carbocycles. The third-order valence-corrected chi connectivity index (χ3v) is 3.35. The first-order valence-electron chi connectivity index (χ1n) is 6.43. The molecule has 0 bridgehead atoms. The lowest BCUT2D eigenvalue weighted by molar-refractivity contribution is -0.384. The van der Waals surface area contributed by atoms with E-state index in [1.165, 1.54) is 6.07 Å². The van der Waals surface area contributed by atoms with Crippen molar-refractivity contribution >= 4 is 17.1 Å². The van der Waals surface area contributed by atoms with Crippen LogP contribution in [0.15, 0.2) is 36.5 Å². The van der Waals surface area contributed by atoms with Gasteiger partial charge in [-0.05, 0) is 24.6 Å². The molecule has 0 atom stereocenters. The van der Waals surface area contributed by atoms with Gasteiger partial charge in [-0.2, -0.15) is 0 Å². The molecule has 2 aromatic rings. The molecular weight excluding hydrogens is 256 g/mol. The van der Waals surface area contributed by atoms with Crippen LogP contribution in [0.3, 0.4) is 0 Å². The number of fused-ring (bicyclic) bond motifs is 1. The summed E-state index contributed by atoms with van der Waals surface area (Å²) >= 11 is 0. The summed E-state index contributed by atoms with van der Waals surface area (Å²) < 4.78 is 0. The van der Waals surface area contributed by atoms with Crippen molar-refractivity contribution in [3.63, 3.8) is 0 Å². The van der Waals surface area contributed by atoms with Crippen molar-refractivity contribution in [2.24, 2.45) is 0 Å². The summed E-state index contributed by atoms with van der Waals surface area (Å²) in [6, 6.07) is 8.94. The Balaban J connectivity index is 1.91. The van der Waals surface area contributed by atoms with E-state index in [-0.39, 0.29) is 10.6 Å². The number of pyridine rings is 1. The predicted molar refractivity (Wildman–Crippen MR) is 76.9 cm³/mol. The van der Waals surface area contributed by atoms with Gasteiger partial charge in [-0.15, -0.1) is 0 Å². The topological polar surface area (TPSA) is 80.1 Å². The summed E-state index contributed by atoms with van der Waals surface area (Å²) in [6.45, 7) is 1.28. The van der Waals surface area contributed by atoms with Crippen molar-refractivity contribution in [3.05, 3.63) is 57.9 Å². The molecule has 6 heteroatoms. The van der Waals surface area contributed by atoms with Crippen molar-refractivity contribution in [1.82, 2.24) is 4.98 Å². The van der Waals surface area contributed by atoms with Gasteiger partial charge in [0.1, 0.15) is 5.69 Å². The van der Waals surface area contributed by atoms with Crippen LogP contribution < -0.4 is 10.6 Å². The van der Waals surface area contributed by atoms with Crippen molar-refractivity contribution in [2.75, 3.05) is 17.2 Å². The van der Waals surface area contributed by atoms with Gasteiger partial charge in [0, 0.05) is 30.1 Å². The van der Waals surface area contributed by atoms with E-state index >= 15 is 0 Å². The van der Waals surface area contributed by atoms with E-state index < -0.39 is 0 Å². The molecule has 1 aliphatic rings. The Hall–Kier alpha value is -2.63. The van der Waals surface area contributed by atoms with Crippen LogP contribution in [0.25, 0.3) is 0 Å². The lowest BCUT2D eigenvalue weighted by Gasteiger charge is -2.11. The van der Waals surface area contributed by atoms with Crippen LogP contribution >= 0.6 is 0 Å². The summed E-state index contributed by atoms with van der Waals surface area (Å²) in [4.78, 5) is 15.0. The molecule has 6 nitrogen and oxygen atoms in total. The first-order chi connectivity index (χ1) is 9.75. The Morgan fingerprint density at radius 1 is 1.35 bits per heavy atom. The molecule has 0 saturated heterocycles. The second-order valence-electron chi connectivity index (χ2n) is 4.59. The van der Waals surface area contributed by atoms with Crippen LogP contribution in [-0.4, -0.2) is 16.5 Å². The zero-order valence-corrected chi connectivity index (χ0v) is 10.8. The van der Waals surface area contributed by atoms with Gasteiger partial charge in [-0.3, -0.25) is 15.1 Å². The molecule has 2 heterocycles. The fraction of sp³-hybridized carbons (Fsp3) is 0.214. The van der Waals surface area contributed by atoms with E-state index in [1.807, 2.05) is 18.2 Å². The van der Waals surface area contributed by atoms with E-state index in [9.17, 15) is 10.1 Å². The van der Waals surface area contributed by atoms with Crippen molar-refractivity contribution in [1.29, 1.82) is 0 Å². The van der Waals surface area contributed by atoms with Gasteiger partial charge in [-0.1, -0.05) is 6.07 Å². The molecule has 0 saturated carbocycles. The van der Waals surface area contributed by atoms with E-state index in [4.69, 9.17) is 0 Å². The summed E-state index contributed by atoms with van der Waals surface area (Å²) in [5, 5.41) is 17.6. The highest BCUT2D eigenvalue weighted by molar-refractivity contribution is 5.77. The lowest BCUT2D eigenvalue weighted by Crippen LogP contribution is -2.06. The number of nitrogens with zero attached hydrogens (tertiary/aromatic N) is 2. The Morgan fingerprint density at radius 2 is 2.25 bits per heavy atom.